The fourth-order valence-corrected chi connectivity index (χ4v) is 3.11. The van der Waals surface area contributed by atoms with Crippen LogP contribution in [0.2, 0.25) is 0 Å². The molecular weight excluding hydrogens is 310 g/mol. The van der Waals surface area contributed by atoms with Gasteiger partial charge in [0.2, 0.25) is 5.91 Å². The van der Waals surface area contributed by atoms with Crippen molar-refractivity contribution in [1.29, 1.82) is 0 Å². The number of hydrogen-bond acceptors (Lipinski definition) is 5. The number of tetrazole rings is 1. The molecule has 126 valence electrons. The average molecular weight is 329 g/mol. The molecule has 1 aromatic carbocycles. The van der Waals surface area contributed by atoms with Crippen LogP contribution in [-0.2, 0) is 9.59 Å². The number of amides is 1. The summed E-state index contributed by atoms with van der Waals surface area (Å²) >= 11 is 0. The summed E-state index contributed by atoms with van der Waals surface area (Å²) in [5.41, 5.74) is 0.793. The molecule has 1 amide bonds. The van der Waals surface area contributed by atoms with Gasteiger partial charge >= 0.3 is 5.97 Å². The summed E-state index contributed by atoms with van der Waals surface area (Å²) in [7, 11) is 0. The van der Waals surface area contributed by atoms with Crippen LogP contribution in [-0.4, -0.2) is 43.2 Å². The maximum atomic E-state index is 12.8. The van der Waals surface area contributed by atoms with Gasteiger partial charge in [-0.1, -0.05) is 30.3 Å². The highest BCUT2D eigenvalue weighted by Gasteiger charge is 2.30. The maximum Gasteiger partial charge on any atom is 0.306 e. The number of carbonyl (C=O) groups is 2. The first-order valence-corrected chi connectivity index (χ1v) is 7.95. The van der Waals surface area contributed by atoms with Crippen molar-refractivity contribution in [1.82, 2.24) is 25.5 Å². The van der Waals surface area contributed by atoms with E-state index in [4.69, 9.17) is 5.11 Å². The Hall–Kier alpha value is -2.77. The van der Waals surface area contributed by atoms with Crippen molar-refractivity contribution in [2.75, 3.05) is 0 Å². The Balaban J connectivity index is 1.70. The van der Waals surface area contributed by atoms with Crippen LogP contribution in [0.3, 0.4) is 0 Å². The lowest BCUT2D eigenvalue weighted by molar-refractivity contribution is -0.142. The number of nitrogens with zero attached hydrogens (tertiary/aromatic N) is 4. The Bertz CT molecular complexity index is 681. The highest BCUT2D eigenvalue weighted by Crippen LogP contribution is 2.25. The SMILES string of the molecule is O=C(O)C1CCC(NC(=O)C(c2ccccc2)n2cnnn2)CC1. The zero-order chi connectivity index (χ0) is 16.9. The van der Waals surface area contributed by atoms with E-state index in [1.165, 1.54) is 11.0 Å². The molecule has 1 aliphatic carbocycles. The summed E-state index contributed by atoms with van der Waals surface area (Å²) in [6.45, 7) is 0. The van der Waals surface area contributed by atoms with Gasteiger partial charge in [0.05, 0.1) is 5.92 Å². The standard InChI is InChI=1S/C16H19N5O3/c22-15(18-13-8-6-12(7-9-13)16(23)24)14(21-10-17-19-20-21)11-4-2-1-3-5-11/h1-5,10,12-14H,6-9H2,(H,18,22)(H,23,24). The first kappa shape index (κ1) is 16.1. The predicted octanol–water partition coefficient (Wildman–Crippen LogP) is 1.02. The van der Waals surface area contributed by atoms with Crippen molar-refractivity contribution < 1.29 is 14.7 Å². The van der Waals surface area contributed by atoms with E-state index in [0.29, 0.717) is 25.7 Å². The second-order valence-electron chi connectivity index (χ2n) is 6.00. The lowest BCUT2D eigenvalue weighted by Gasteiger charge is -2.28. The van der Waals surface area contributed by atoms with Crippen molar-refractivity contribution in [2.24, 2.45) is 5.92 Å². The maximum absolute atomic E-state index is 12.8. The Morgan fingerprint density at radius 3 is 2.46 bits per heavy atom. The number of nitrogens with one attached hydrogen (secondary N) is 1. The number of rotatable bonds is 5. The highest BCUT2D eigenvalue weighted by molar-refractivity contribution is 5.83. The van der Waals surface area contributed by atoms with E-state index in [-0.39, 0.29) is 17.9 Å². The molecule has 2 aromatic rings. The molecule has 1 saturated carbocycles. The van der Waals surface area contributed by atoms with E-state index in [2.05, 4.69) is 20.8 Å². The van der Waals surface area contributed by atoms with Crippen molar-refractivity contribution >= 4 is 11.9 Å². The number of hydrogen-bond donors (Lipinski definition) is 2. The molecule has 1 unspecified atom stereocenters. The van der Waals surface area contributed by atoms with Crippen LogP contribution in [0.1, 0.15) is 37.3 Å². The summed E-state index contributed by atoms with van der Waals surface area (Å²) in [5.74, 6) is -1.24. The summed E-state index contributed by atoms with van der Waals surface area (Å²) in [6.07, 6.45) is 3.92. The van der Waals surface area contributed by atoms with Crippen molar-refractivity contribution in [3.63, 3.8) is 0 Å². The number of benzene rings is 1. The molecule has 1 aromatic heterocycles. The third kappa shape index (κ3) is 3.58. The summed E-state index contributed by atoms with van der Waals surface area (Å²) < 4.78 is 1.42. The van der Waals surface area contributed by atoms with Crippen molar-refractivity contribution in [3.05, 3.63) is 42.2 Å². The minimum atomic E-state index is -0.754. The second-order valence-corrected chi connectivity index (χ2v) is 6.00. The van der Waals surface area contributed by atoms with Crippen molar-refractivity contribution in [2.45, 2.75) is 37.8 Å². The van der Waals surface area contributed by atoms with Crippen LogP contribution >= 0.6 is 0 Å². The van der Waals surface area contributed by atoms with E-state index < -0.39 is 12.0 Å². The fraction of sp³-hybridized carbons (Fsp3) is 0.438. The van der Waals surface area contributed by atoms with Gasteiger partial charge < -0.3 is 10.4 Å². The number of aromatic nitrogens is 4. The number of carboxylic acids is 1. The Labute approximate surface area is 138 Å². The Kier molecular flexibility index (Phi) is 4.83. The monoisotopic (exact) mass is 329 g/mol. The Morgan fingerprint density at radius 1 is 1.17 bits per heavy atom. The summed E-state index contributed by atoms with van der Waals surface area (Å²) in [4.78, 5) is 23.8. The van der Waals surface area contributed by atoms with Crippen molar-refractivity contribution in [3.8, 4) is 0 Å². The zero-order valence-electron chi connectivity index (χ0n) is 13.1. The zero-order valence-corrected chi connectivity index (χ0v) is 13.1. The van der Waals surface area contributed by atoms with Gasteiger partial charge in [-0.15, -0.1) is 5.10 Å². The lowest BCUT2D eigenvalue weighted by Crippen LogP contribution is -2.42. The minimum absolute atomic E-state index is 0.0178. The van der Waals surface area contributed by atoms with Crippen LogP contribution < -0.4 is 5.32 Å². The van der Waals surface area contributed by atoms with E-state index in [1.807, 2.05) is 30.3 Å². The molecule has 0 saturated heterocycles. The Morgan fingerprint density at radius 2 is 1.88 bits per heavy atom. The molecule has 8 nitrogen and oxygen atoms in total. The molecule has 1 atom stereocenters. The molecular formula is C16H19N5O3. The van der Waals surface area contributed by atoms with E-state index >= 15 is 0 Å². The third-order valence-corrected chi connectivity index (χ3v) is 4.42. The summed E-state index contributed by atoms with van der Waals surface area (Å²) in [5, 5.41) is 23.2. The molecule has 1 aliphatic rings. The quantitative estimate of drug-likeness (QED) is 0.847. The van der Waals surface area contributed by atoms with Gasteiger partial charge in [0.1, 0.15) is 6.33 Å². The molecule has 3 rings (SSSR count). The first-order chi connectivity index (χ1) is 11.6. The van der Waals surface area contributed by atoms with Crippen LogP contribution in [0, 0.1) is 5.92 Å². The molecule has 0 aliphatic heterocycles. The molecule has 0 spiro atoms. The predicted molar refractivity (Wildman–Crippen MR) is 83.9 cm³/mol. The van der Waals surface area contributed by atoms with E-state index in [0.717, 1.165) is 5.56 Å². The summed E-state index contributed by atoms with van der Waals surface area (Å²) in [6, 6.07) is 8.65. The number of carbonyl (C=O) groups excluding carboxylic acids is 1. The molecule has 1 fully saturated rings. The smallest absolute Gasteiger partial charge is 0.306 e. The largest absolute Gasteiger partial charge is 0.481 e. The first-order valence-electron chi connectivity index (χ1n) is 7.95. The van der Waals surface area contributed by atoms with Crippen LogP contribution in [0.5, 0.6) is 0 Å². The second kappa shape index (κ2) is 7.20. The normalized spacial score (nSPS) is 21.8. The molecule has 0 bridgehead atoms. The number of aliphatic carboxylic acids is 1. The number of carboxylic acid groups (broad SMARTS) is 1. The van der Waals surface area contributed by atoms with Gasteiger partial charge in [-0.2, -0.15) is 0 Å². The van der Waals surface area contributed by atoms with Crippen LogP contribution in [0.25, 0.3) is 0 Å². The highest BCUT2D eigenvalue weighted by atomic mass is 16.4. The van der Waals surface area contributed by atoms with Gasteiger partial charge in [0, 0.05) is 6.04 Å². The lowest BCUT2D eigenvalue weighted by atomic mass is 9.86. The molecule has 2 N–H and O–H groups in total. The van der Waals surface area contributed by atoms with E-state index in [1.54, 1.807) is 0 Å². The molecule has 0 radical (unpaired) electrons. The van der Waals surface area contributed by atoms with Gasteiger partial charge in [0.15, 0.2) is 6.04 Å². The molecule has 1 heterocycles. The van der Waals surface area contributed by atoms with Gasteiger partial charge in [0.25, 0.3) is 0 Å². The molecule has 24 heavy (non-hydrogen) atoms. The average Bonchev–Trinajstić information content (AvgIpc) is 3.10. The van der Waals surface area contributed by atoms with Crippen LogP contribution in [0.4, 0.5) is 0 Å². The fourth-order valence-electron chi connectivity index (χ4n) is 3.11. The van der Waals surface area contributed by atoms with Crippen LogP contribution in [0.15, 0.2) is 36.7 Å². The van der Waals surface area contributed by atoms with Gasteiger partial charge in [-0.25, -0.2) is 4.68 Å². The minimum Gasteiger partial charge on any atom is -0.481 e. The third-order valence-electron chi connectivity index (χ3n) is 4.42. The topological polar surface area (TPSA) is 110 Å². The van der Waals surface area contributed by atoms with Gasteiger partial charge in [-0.3, -0.25) is 9.59 Å². The van der Waals surface area contributed by atoms with E-state index in [9.17, 15) is 9.59 Å². The van der Waals surface area contributed by atoms with Gasteiger partial charge in [-0.05, 0) is 41.7 Å². The molecule has 8 heteroatoms.